The molecule has 0 saturated heterocycles. The van der Waals surface area contributed by atoms with Crippen molar-refractivity contribution in [2.24, 2.45) is 5.84 Å². The summed E-state index contributed by atoms with van der Waals surface area (Å²) in [5.74, 6) is 7.38. The van der Waals surface area contributed by atoms with Crippen LogP contribution < -0.4 is 21.7 Å². The molecule has 1 aromatic heterocycles. The molecule has 0 saturated carbocycles. The van der Waals surface area contributed by atoms with E-state index in [-0.39, 0.29) is 5.95 Å². The van der Waals surface area contributed by atoms with Crippen LogP contribution in [0, 0.1) is 0 Å². The quantitative estimate of drug-likeness (QED) is 0.572. The van der Waals surface area contributed by atoms with Crippen molar-refractivity contribution in [1.82, 2.24) is 9.97 Å². The summed E-state index contributed by atoms with van der Waals surface area (Å²) in [5.41, 5.74) is 9.18. The fraction of sp³-hybridized carbons (Fsp3) is 0.286. The first-order chi connectivity index (χ1) is 9.63. The molecular formula is C14H19N5O. The molecule has 0 bridgehead atoms. The highest BCUT2D eigenvalue weighted by atomic mass is 16.5. The maximum atomic E-state index is 5.83. The zero-order valence-electron chi connectivity index (χ0n) is 11.6. The highest BCUT2D eigenvalue weighted by molar-refractivity contribution is 5.44. The van der Waals surface area contributed by atoms with Crippen LogP contribution in [-0.4, -0.2) is 9.97 Å². The van der Waals surface area contributed by atoms with Crippen molar-refractivity contribution in [3.63, 3.8) is 0 Å². The molecule has 0 amide bonds. The predicted octanol–water partition coefficient (Wildman–Crippen LogP) is 2.65. The summed E-state index contributed by atoms with van der Waals surface area (Å²) in [6.45, 7) is 4.30. The van der Waals surface area contributed by atoms with Gasteiger partial charge in [0.15, 0.2) is 0 Å². The van der Waals surface area contributed by atoms with Crippen LogP contribution >= 0.6 is 0 Å². The molecule has 6 heteroatoms. The van der Waals surface area contributed by atoms with E-state index in [2.05, 4.69) is 35.3 Å². The Morgan fingerprint density at radius 3 is 2.75 bits per heavy atom. The van der Waals surface area contributed by atoms with Crippen LogP contribution in [0.5, 0.6) is 11.6 Å². The fourth-order valence-electron chi connectivity index (χ4n) is 1.88. The van der Waals surface area contributed by atoms with Gasteiger partial charge >= 0.3 is 0 Å². The van der Waals surface area contributed by atoms with Gasteiger partial charge in [0.25, 0.3) is 0 Å². The van der Waals surface area contributed by atoms with Gasteiger partial charge in [0.05, 0.1) is 0 Å². The molecule has 2 rings (SSSR count). The Hall–Kier alpha value is -2.34. The van der Waals surface area contributed by atoms with E-state index in [4.69, 9.17) is 16.3 Å². The van der Waals surface area contributed by atoms with Crippen LogP contribution in [0.25, 0.3) is 0 Å². The first-order valence-electron chi connectivity index (χ1n) is 6.52. The van der Waals surface area contributed by atoms with E-state index in [0.29, 0.717) is 17.6 Å². The largest absolute Gasteiger partial charge is 0.438 e. The van der Waals surface area contributed by atoms with Gasteiger partial charge in [-0.3, -0.25) is 0 Å². The Morgan fingerprint density at radius 1 is 1.30 bits per heavy atom. The normalized spacial score (nSPS) is 11.9. The van der Waals surface area contributed by atoms with E-state index in [9.17, 15) is 0 Å². The van der Waals surface area contributed by atoms with Gasteiger partial charge in [-0.25, -0.2) is 5.84 Å². The third-order valence-electron chi connectivity index (χ3n) is 3.14. The van der Waals surface area contributed by atoms with Gasteiger partial charge in [-0.15, -0.1) is 0 Å². The highest BCUT2D eigenvalue weighted by Crippen LogP contribution is 2.31. The average molecular weight is 273 g/mol. The van der Waals surface area contributed by atoms with Crippen LogP contribution in [0.15, 0.2) is 30.3 Å². The lowest BCUT2D eigenvalue weighted by Gasteiger charge is -2.15. The molecule has 0 spiro atoms. The number of nitrogens with one attached hydrogen (secondary N) is 1. The number of ether oxygens (including phenoxy) is 1. The number of anilines is 2. The molecular weight excluding hydrogens is 254 g/mol. The molecule has 1 atom stereocenters. The number of hydrogen-bond donors (Lipinski definition) is 3. The molecule has 106 valence electrons. The Labute approximate surface area is 118 Å². The van der Waals surface area contributed by atoms with Gasteiger partial charge in [-0.2, -0.15) is 9.97 Å². The molecule has 0 aliphatic carbocycles. The molecule has 5 N–H and O–H groups in total. The Bertz CT molecular complexity index is 588. The summed E-state index contributed by atoms with van der Waals surface area (Å²) in [6, 6.07) is 9.48. The minimum Gasteiger partial charge on any atom is -0.438 e. The molecule has 1 aromatic carbocycles. The van der Waals surface area contributed by atoms with Crippen molar-refractivity contribution in [3.8, 4) is 11.6 Å². The minimum absolute atomic E-state index is 0.108. The second-order valence-electron chi connectivity index (χ2n) is 4.54. The van der Waals surface area contributed by atoms with Crippen LogP contribution in [-0.2, 0) is 0 Å². The Balaban J connectivity index is 2.32. The summed E-state index contributed by atoms with van der Waals surface area (Å²) in [6.07, 6.45) is 1.03. The van der Waals surface area contributed by atoms with Gasteiger partial charge in [0, 0.05) is 6.07 Å². The van der Waals surface area contributed by atoms with Crippen molar-refractivity contribution < 1.29 is 4.74 Å². The number of nitrogens with two attached hydrogens (primary N) is 2. The number of nitrogen functional groups attached to an aromatic ring is 2. The predicted molar refractivity (Wildman–Crippen MR) is 79.5 cm³/mol. The van der Waals surface area contributed by atoms with Crippen LogP contribution in [0.4, 0.5) is 11.8 Å². The highest BCUT2D eigenvalue weighted by Gasteiger charge is 2.11. The minimum atomic E-state index is 0.108. The molecule has 20 heavy (non-hydrogen) atoms. The lowest BCUT2D eigenvalue weighted by Crippen LogP contribution is -2.10. The number of benzene rings is 1. The lowest BCUT2D eigenvalue weighted by atomic mass is 9.98. The zero-order valence-corrected chi connectivity index (χ0v) is 11.6. The van der Waals surface area contributed by atoms with E-state index in [1.54, 1.807) is 6.07 Å². The second-order valence-corrected chi connectivity index (χ2v) is 4.54. The van der Waals surface area contributed by atoms with Gasteiger partial charge in [-0.05, 0) is 24.0 Å². The zero-order chi connectivity index (χ0) is 14.5. The summed E-state index contributed by atoms with van der Waals surface area (Å²) >= 11 is 0. The van der Waals surface area contributed by atoms with E-state index < -0.39 is 0 Å². The first-order valence-corrected chi connectivity index (χ1v) is 6.52. The molecule has 6 nitrogen and oxygen atoms in total. The summed E-state index contributed by atoms with van der Waals surface area (Å²) < 4.78 is 5.83. The Kier molecular flexibility index (Phi) is 4.37. The third-order valence-corrected chi connectivity index (χ3v) is 3.14. The summed E-state index contributed by atoms with van der Waals surface area (Å²) in [7, 11) is 0. The van der Waals surface area contributed by atoms with Crippen molar-refractivity contribution in [1.29, 1.82) is 0 Å². The van der Waals surface area contributed by atoms with E-state index in [0.717, 1.165) is 17.7 Å². The van der Waals surface area contributed by atoms with Crippen LogP contribution in [0.1, 0.15) is 31.7 Å². The molecule has 2 aromatic rings. The molecule has 0 aliphatic heterocycles. The fourth-order valence-corrected chi connectivity index (χ4v) is 1.88. The second kappa shape index (κ2) is 6.21. The smallest absolute Gasteiger partial charge is 0.226 e. The SMILES string of the molecule is CCC(C)c1ccccc1Oc1cc(NN)nc(N)n1. The summed E-state index contributed by atoms with van der Waals surface area (Å²) in [5, 5.41) is 0. The van der Waals surface area contributed by atoms with E-state index in [1.165, 1.54) is 0 Å². The average Bonchev–Trinajstić information content (AvgIpc) is 2.46. The third kappa shape index (κ3) is 3.16. The van der Waals surface area contributed by atoms with E-state index in [1.807, 2.05) is 18.2 Å². The van der Waals surface area contributed by atoms with Crippen LogP contribution in [0.3, 0.4) is 0 Å². The standard InChI is InChI=1S/C14H19N5O/c1-3-9(2)10-6-4-5-7-11(10)20-13-8-12(19-16)17-14(15)18-13/h4-9H,3,16H2,1-2H3,(H3,15,17,18,19). The van der Waals surface area contributed by atoms with Gasteiger partial charge in [0.2, 0.25) is 11.8 Å². The molecule has 0 aliphatic rings. The van der Waals surface area contributed by atoms with Gasteiger partial charge in [-0.1, -0.05) is 32.0 Å². The topological polar surface area (TPSA) is 99.1 Å². The number of nitrogens with zero attached hydrogens (tertiary/aromatic N) is 2. The monoisotopic (exact) mass is 273 g/mol. The number of hydrogen-bond acceptors (Lipinski definition) is 6. The first kappa shape index (κ1) is 14.1. The van der Waals surface area contributed by atoms with Crippen molar-refractivity contribution >= 4 is 11.8 Å². The summed E-state index contributed by atoms with van der Waals surface area (Å²) in [4.78, 5) is 7.97. The van der Waals surface area contributed by atoms with Crippen molar-refractivity contribution in [2.75, 3.05) is 11.2 Å². The van der Waals surface area contributed by atoms with E-state index >= 15 is 0 Å². The number of para-hydroxylation sites is 1. The number of rotatable bonds is 5. The maximum absolute atomic E-state index is 5.83. The maximum Gasteiger partial charge on any atom is 0.226 e. The van der Waals surface area contributed by atoms with Gasteiger partial charge in [0.1, 0.15) is 11.6 Å². The molecule has 0 fully saturated rings. The van der Waals surface area contributed by atoms with Gasteiger partial charge < -0.3 is 15.9 Å². The molecule has 1 unspecified atom stereocenters. The Morgan fingerprint density at radius 2 is 2.05 bits per heavy atom. The van der Waals surface area contributed by atoms with Crippen molar-refractivity contribution in [2.45, 2.75) is 26.2 Å². The van der Waals surface area contributed by atoms with Crippen molar-refractivity contribution in [3.05, 3.63) is 35.9 Å². The molecule has 0 radical (unpaired) electrons. The number of hydrazine groups is 1. The van der Waals surface area contributed by atoms with Crippen LogP contribution in [0.2, 0.25) is 0 Å². The molecule has 1 heterocycles. The lowest BCUT2D eigenvalue weighted by molar-refractivity contribution is 0.452. The number of aromatic nitrogens is 2.